The summed E-state index contributed by atoms with van der Waals surface area (Å²) in [4.78, 5) is 0. The standard InChI is InChI=1S/C11H9BrClNO/c12-8-1-2-9(10(13)5-8)11-7(6-14)3-4-15-11/h1-2,5,7,11H,3-4H2. The van der Waals surface area contributed by atoms with Gasteiger partial charge in [0.15, 0.2) is 0 Å². The number of hydrogen-bond acceptors (Lipinski definition) is 2. The van der Waals surface area contributed by atoms with Crippen LogP contribution in [0.2, 0.25) is 5.02 Å². The van der Waals surface area contributed by atoms with Crippen molar-refractivity contribution in [2.75, 3.05) is 6.61 Å². The molecule has 1 aliphatic heterocycles. The molecule has 0 N–H and O–H groups in total. The molecule has 0 amide bonds. The first-order chi connectivity index (χ1) is 7.22. The van der Waals surface area contributed by atoms with Crippen molar-refractivity contribution in [1.29, 1.82) is 5.26 Å². The summed E-state index contributed by atoms with van der Waals surface area (Å²) >= 11 is 9.46. The molecule has 1 aromatic carbocycles. The van der Waals surface area contributed by atoms with E-state index in [4.69, 9.17) is 21.6 Å². The van der Waals surface area contributed by atoms with Crippen LogP contribution in [0.1, 0.15) is 18.1 Å². The van der Waals surface area contributed by atoms with Gasteiger partial charge in [-0.1, -0.05) is 33.6 Å². The van der Waals surface area contributed by atoms with Crippen LogP contribution in [0.15, 0.2) is 22.7 Å². The molecule has 4 heteroatoms. The zero-order valence-corrected chi connectivity index (χ0v) is 10.3. The average molecular weight is 287 g/mol. The van der Waals surface area contributed by atoms with Crippen molar-refractivity contribution in [2.45, 2.75) is 12.5 Å². The normalized spacial score (nSPS) is 25.1. The summed E-state index contributed by atoms with van der Waals surface area (Å²) in [5.41, 5.74) is 0.906. The highest BCUT2D eigenvalue weighted by molar-refractivity contribution is 9.10. The predicted molar refractivity (Wildman–Crippen MR) is 61.6 cm³/mol. The van der Waals surface area contributed by atoms with Crippen LogP contribution in [0.4, 0.5) is 0 Å². The molecule has 78 valence electrons. The van der Waals surface area contributed by atoms with Crippen LogP contribution < -0.4 is 0 Å². The van der Waals surface area contributed by atoms with E-state index in [0.717, 1.165) is 16.5 Å². The Morgan fingerprint density at radius 1 is 1.53 bits per heavy atom. The highest BCUT2D eigenvalue weighted by Crippen LogP contribution is 2.38. The van der Waals surface area contributed by atoms with E-state index in [1.165, 1.54) is 0 Å². The Morgan fingerprint density at radius 3 is 3.00 bits per heavy atom. The molecular weight excluding hydrogens is 277 g/mol. The van der Waals surface area contributed by atoms with E-state index >= 15 is 0 Å². The first-order valence-corrected chi connectivity index (χ1v) is 5.85. The Labute approximate surface area is 102 Å². The van der Waals surface area contributed by atoms with Gasteiger partial charge in [-0.3, -0.25) is 0 Å². The summed E-state index contributed by atoms with van der Waals surface area (Å²) in [6, 6.07) is 7.91. The minimum Gasteiger partial charge on any atom is -0.372 e. The number of nitriles is 1. The number of halogens is 2. The lowest BCUT2D eigenvalue weighted by atomic mass is 9.97. The number of ether oxygens (including phenoxy) is 1. The van der Waals surface area contributed by atoms with Crippen molar-refractivity contribution in [2.24, 2.45) is 5.92 Å². The molecule has 0 spiro atoms. The molecule has 0 radical (unpaired) electrons. The van der Waals surface area contributed by atoms with Crippen molar-refractivity contribution in [3.05, 3.63) is 33.3 Å². The topological polar surface area (TPSA) is 33.0 Å². The fourth-order valence-corrected chi connectivity index (χ4v) is 2.54. The molecule has 1 saturated heterocycles. The van der Waals surface area contributed by atoms with Crippen LogP contribution in [0.5, 0.6) is 0 Å². The minimum absolute atomic E-state index is 0.0799. The first kappa shape index (κ1) is 10.9. The van der Waals surface area contributed by atoms with Gasteiger partial charge in [0.1, 0.15) is 0 Å². The van der Waals surface area contributed by atoms with Gasteiger partial charge in [0.25, 0.3) is 0 Å². The van der Waals surface area contributed by atoms with E-state index in [9.17, 15) is 0 Å². The van der Waals surface area contributed by atoms with Crippen molar-refractivity contribution in [3.63, 3.8) is 0 Å². The molecule has 0 aromatic heterocycles. The van der Waals surface area contributed by atoms with Gasteiger partial charge in [0.2, 0.25) is 0 Å². The van der Waals surface area contributed by atoms with Crippen LogP contribution >= 0.6 is 27.5 Å². The number of nitrogens with zero attached hydrogens (tertiary/aromatic N) is 1. The van der Waals surface area contributed by atoms with E-state index in [1.807, 2.05) is 18.2 Å². The molecule has 15 heavy (non-hydrogen) atoms. The lowest BCUT2D eigenvalue weighted by Gasteiger charge is -2.14. The maximum atomic E-state index is 8.96. The lowest BCUT2D eigenvalue weighted by molar-refractivity contribution is 0.101. The molecule has 1 heterocycles. The van der Waals surface area contributed by atoms with E-state index in [-0.39, 0.29) is 12.0 Å². The smallest absolute Gasteiger partial charge is 0.0998 e. The summed E-state index contributed by atoms with van der Waals surface area (Å²) in [6.07, 6.45) is 0.615. The fourth-order valence-electron chi connectivity index (χ4n) is 1.76. The maximum Gasteiger partial charge on any atom is 0.0998 e. The molecule has 2 nitrogen and oxygen atoms in total. The van der Waals surface area contributed by atoms with Gasteiger partial charge in [0, 0.05) is 21.7 Å². The number of benzene rings is 1. The summed E-state index contributed by atoms with van der Waals surface area (Å²) in [5, 5.41) is 9.61. The Kier molecular flexibility index (Phi) is 3.30. The van der Waals surface area contributed by atoms with Crippen molar-refractivity contribution in [1.82, 2.24) is 0 Å². The third-order valence-electron chi connectivity index (χ3n) is 2.53. The average Bonchev–Trinajstić information content (AvgIpc) is 2.65. The summed E-state index contributed by atoms with van der Waals surface area (Å²) in [7, 11) is 0. The molecule has 1 aromatic rings. The summed E-state index contributed by atoms with van der Waals surface area (Å²) < 4.78 is 6.47. The van der Waals surface area contributed by atoms with Crippen molar-refractivity contribution >= 4 is 27.5 Å². The Bertz CT molecular complexity index is 416. The Hall–Kier alpha value is -0.560. The minimum atomic E-state index is -0.171. The third-order valence-corrected chi connectivity index (χ3v) is 3.35. The van der Waals surface area contributed by atoms with Crippen LogP contribution in [-0.2, 0) is 4.74 Å². The molecule has 2 atom stereocenters. The molecule has 0 saturated carbocycles. The van der Waals surface area contributed by atoms with Gasteiger partial charge in [-0.25, -0.2) is 0 Å². The zero-order chi connectivity index (χ0) is 10.8. The first-order valence-electron chi connectivity index (χ1n) is 4.68. The second-order valence-electron chi connectivity index (χ2n) is 3.48. The monoisotopic (exact) mass is 285 g/mol. The van der Waals surface area contributed by atoms with Crippen LogP contribution in [0.25, 0.3) is 0 Å². The highest BCUT2D eigenvalue weighted by Gasteiger charge is 2.30. The Balaban J connectivity index is 2.33. The van der Waals surface area contributed by atoms with Gasteiger partial charge in [-0.05, 0) is 18.6 Å². The largest absolute Gasteiger partial charge is 0.372 e. The molecule has 0 aliphatic carbocycles. The molecule has 0 bridgehead atoms. The van der Waals surface area contributed by atoms with Crippen molar-refractivity contribution < 1.29 is 4.74 Å². The zero-order valence-electron chi connectivity index (χ0n) is 7.91. The van der Waals surface area contributed by atoms with Crippen LogP contribution in [-0.4, -0.2) is 6.61 Å². The van der Waals surface area contributed by atoms with Crippen LogP contribution in [0, 0.1) is 17.2 Å². The summed E-state index contributed by atoms with van der Waals surface area (Å²) in [6.45, 7) is 0.634. The molecule has 1 aliphatic rings. The highest BCUT2D eigenvalue weighted by atomic mass is 79.9. The molecular formula is C11H9BrClNO. The second-order valence-corrected chi connectivity index (χ2v) is 4.80. The lowest BCUT2D eigenvalue weighted by Crippen LogP contribution is -2.05. The Morgan fingerprint density at radius 2 is 2.33 bits per heavy atom. The SMILES string of the molecule is N#CC1CCOC1c1ccc(Br)cc1Cl. The number of rotatable bonds is 1. The maximum absolute atomic E-state index is 8.96. The molecule has 2 rings (SSSR count). The quantitative estimate of drug-likeness (QED) is 0.788. The van der Waals surface area contributed by atoms with Crippen molar-refractivity contribution in [3.8, 4) is 6.07 Å². The van der Waals surface area contributed by atoms with E-state index in [1.54, 1.807) is 0 Å². The fraction of sp³-hybridized carbons (Fsp3) is 0.364. The van der Waals surface area contributed by atoms with Crippen LogP contribution in [0.3, 0.4) is 0 Å². The predicted octanol–water partition coefficient (Wildman–Crippen LogP) is 3.70. The van der Waals surface area contributed by atoms with Gasteiger partial charge < -0.3 is 4.74 Å². The summed E-state index contributed by atoms with van der Waals surface area (Å²) in [5.74, 6) is -0.0799. The van der Waals surface area contributed by atoms with E-state index in [2.05, 4.69) is 22.0 Å². The van der Waals surface area contributed by atoms with E-state index in [0.29, 0.717) is 11.6 Å². The third kappa shape index (κ3) is 2.17. The van der Waals surface area contributed by atoms with E-state index < -0.39 is 0 Å². The molecule has 1 fully saturated rings. The van der Waals surface area contributed by atoms with Gasteiger partial charge in [0.05, 0.1) is 18.1 Å². The molecule has 2 unspecified atom stereocenters. The number of hydrogen-bond donors (Lipinski definition) is 0. The van der Waals surface area contributed by atoms with Gasteiger partial charge >= 0.3 is 0 Å². The van der Waals surface area contributed by atoms with Gasteiger partial charge in [-0.2, -0.15) is 5.26 Å². The second kappa shape index (κ2) is 4.52. The van der Waals surface area contributed by atoms with Gasteiger partial charge in [-0.15, -0.1) is 0 Å².